The van der Waals surface area contributed by atoms with Crippen LogP contribution in [0.3, 0.4) is 0 Å². The zero-order chi connectivity index (χ0) is 15.3. The van der Waals surface area contributed by atoms with Crippen LogP contribution in [0.25, 0.3) is 0 Å². The summed E-state index contributed by atoms with van der Waals surface area (Å²) in [6.07, 6.45) is 1.35. The minimum atomic E-state index is -1.02. The van der Waals surface area contributed by atoms with Crippen molar-refractivity contribution >= 4 is 23.4 Å². The van der Waals surface area contributed by atoms with Gasteiger partial charge in [0.2, 0.25) is 0 Å². The van der Waals surface area contributed by atoms with Gasteiger partial charge in [-0.2, -0.15) is 0 Å². The number of carboxylic acid groups (broad SMARTS) is 1. The van der Waals surface area contributed by atoms with Crippen LogP contribution in [0.15, 0.2) is 12.3 Å². The molecular formula is C14H22ClN3O2. The monoisotopic (exact) mass is 299 g/mol. The summed E-state index contributed by atoms with van der Waals surface area (Å²) in [6.45, 7) is 6.76. The average molecular weight is 300 g/mol. The molecule has 112 valence electrons. The number of anilines is 1. The van der Waals surface area contributed by atoms with E-state index in [0.717, 1.165) is 19.6 Å². The molecule has 6 heteroatoms. The largest absolute Gasteiger partial charge is 0.478 e. The fourth-order valence-corrected chi connectivity index (χ4v) is 2.11. The van der Waals surface area contributed by atoms with Gasteiger partial charge in [0.1, 0.15) is 5.82 Å². The van der Waals surface area contributed by atoms with Crippen LogP contribution < -0.4 is 4.90 Å². The SMILES string of the molecule is CC(C)CN(CCN(C)C)c1ncc(C(=O)O)cc1Cl. The number of aromatic nitrogens is 1. The summed E-state index contributed by atoms with van der Waals surface area (Å²) in [5.74, 6) is 0.0936. The van der Waals surface area contributed by atoms with Gasteiger partial charge in [-0.05, 0) is 26.1 Å². The average Bonchev–Trinajstić information content (AvgIpc) is 2.33. The molecule has 0 aliphatic rings. The highest BCUT2D eigenvalue weighted by Crippen LogP contribution is 2.24. The molecule has 0 fully saturated rings. The van der Waals surface area contributed by atoms with E-state index in [9.17, 15) is 4.79 Å². The molecule has 0 saturated heterocycles. The second-order valence-electron chi connectivity index (χ2n) is 5.48. The van der Waals surface area contributed by atoms with Gasteiger partial charge in [0.05, 0.1) is 10.6 Å². The van der Waals surface area contributed by atoms with Crippen LogP contribution in [0, 0.1) is 5.92 Å². The van der Waals surface area contributed by atoms with Crippen LogP contribution in [0.1, 0.15) is 24.2 Å². The van der Waals surface area contributed by atoms with Gasteiger partial charge in [-0.15, -0.1) is 0 Å². The van der Waals surface area contributed by atoms with Gasteiger partial charge in [0.25, 0.3) is 0 Å². The van der Waals surface area contributed by atoms with Crippen molar-refractivity contribution in [2.45, 2.75) is 13.8 Å². The summed E-state index contributed by atoms with van der Waals surface area (Å²) in [5.41, 5.74) is 0.107. The number of hydrogen-bond donors (Lipinski definition) is 1. The molecule has 0 aliphatic carbocycles. The molecule has 1 aromatic heterocycles. The predicted octanol–water partition coefficient (Wildman–Crippen LogP) is 2.46. The van der Waals surface area contributed by atoms with Crippen LogP contribution in [-0.2, 0) is 0 Å². The number of likely N-dealkylation sites (N-methyl/N-ethyl adjacent to an activating group) is 1. The third-order valence-electron chi connectivity index (χ3n) is 2.77. The first-order chi connectivity index (χ1) is 9.31. The molecule has 1 N–H and O–H groups in total. The fourth-order valence-electron chi connectivity index (χ4n) is 1.83. The van der Waals surface area contributed by atoms with Crippen molar-refractivity contribution in [3.05, 3.63) is 22.8 Å². The number of hydrogen-bond acceptors (Lipinski definition) is 4. The highest BCUT2D eigenvalue weighted by molar-refractivity contribution is 6.33. The van der Waals surface area contributed by atoms with E-state index in [1.807, 2.05) is 14.1 Å². The third kappa shape index (κ3) is 4.98. The van der Waals surface area contributed by atoms with Gasteiger partial charge < -0.3 is 14.9 Å². The Labute approximate surface area is 125 Å². The lowest BCUT2D eigenvalue weighted by Crippen LogP contribution is -2.35. The summed E-state index contributed by atoms with van der Waals surface area (Å²) in [7, 11) is 4.02. The summed E-state index contributed by atoms with van der Waals surface area (Å²) < 4.78 is 0. The number of halogens is 1. The molecule has 0 atom stereocenters. The summed E-state index contributed by atoms with van der Waals surface area (Å²) in [4.78, 5) is 19.3. The first-order valence-corrected chi connectivity index (χ1v) is 6.97. The minimum absolute atomic E-state index is 0.107. The number of pyridine rings is 1. The summed E-state index contributed by atoms with van der Waals surface area (Å²) in [6, 6.07) is 1.45. The number of aromatic carboxylic acids is 1. The maximum Gasteiger partial charge on any atom is 0.337 e. The van der Waals surface area contributed by atoms with Crippen molar-refractivity contribution in [3.8, 4) is 0 Å². The predicted molar refractivity (Wildman–Crippen MR) is 81.8 cm³/mol. The topological polar surface area (TPSA) is 56.7 Å². The van der Waals surface area contributed by atoms with E-state index in [4.69, 9.17) is 16.7 Å². The number of carbonyl (C=O) groups is 1. The molecule has 0 unspecified atom stereocenters. The number of rotatable bonds is 7. The first-order valence-electron chi connectivity index (χ1n) is 6.59. The summed E-state index contributed by atoms with van der Waals surface area (Å²) in [5, 5.41) is 9.32. The van der Waals surface area contributed by atoms with E-state index < -0.39 is 5.97 Å². The molecule has 0 radical (unpaired) electrons. The number of nitrogens with zero attached hydrogens (tertiary/aromatic N) is 3. The summed E-state index contributed by atoms with van der Waals surface area (Å²) >= 11 is 6.19. The second kappa shape index (κ2) is 7.45. The molecule has 1 heterocycles. The van der Waals surface area contributed by atoms with Crippen molar-refractivity contribution < 1.29 is 9.90 Å². The molecular weight excluding hydrogens is 278 g/mol. The van der Waals surface area contributed by atoms with E-state index >= 15 is 0 Å². The Kier molecular flexibility index (Phi) is 6.23. The molecule has 5 nitrogen and oxygen atoms in total. The van der Waals surface area contributed by atoms with Gasteiger partial charge >= 0.3 is 5.97 Å². The van der Waals surface area contributed by atoms with Crippen molar-refractivity contribution in [1.29, 1.82) is 0 Å². The van der Waals surface area contributed by atoms with Crippen LogP contribution in [0.2, 0.25) is 5.02 Å². The van der Waals surface area contributed by atoms with Crippen molar-refractivity contribution in [3.63, 3.8) is 0 Å². The third-order valence-corrected chi connectivity index (χ3v) is 3.05. The van der Waals surface area contributed by atoms with Gasteiger partial charge in [0, 0.05) is 25.8 Å². The Bertz CT molecular complexity index is 464. The molecule has 20 heavy (non-hydrogen) atoms. The Balaban J connectivity index is 2.97. The molecule has 0 saturated carbocycles. The van der Waals surface area contributed by atoms with Gasteiger partial charge in [0.15, 0.2) is 0 Å². The Hall–Kier alpha value is -1.33. The lowest BCUT2D eigenvalue weighted by molar-refractivity contribution is 0.0696. The molecule has 0 bridgehead atoms. The highest BCUT2D eigenvalue weighted by atomic mass is 35.5. The molecule has 0 spiro atoms. The number of carboxylic acids is 1. The van der Waals surface area contributed by atoms with Gasteiger partial charge in [-0.25, -0.2) is 9.78 Å². The molecule has 1 rings (SSSR count). The van der Waals surface area contributed by atoms with Crippen LogP contribution >= 0.6 is 11.6 Å². The maximum absolute atomic E-state index is 10.9. The normalized spacial score (nSPS) is 11.2. The Morgan fingerprint density at radius 1 is 1.40 bits per heavy atom. The fraction of sp³-hybridized carbons (Fsp3) is 0.571. The lowest BCUT2D eigenvalue weighted by Gasteiger charge is -2.27. The van der Waals surface area contributed by atoms with Crippen LogP contribution in [0.4, 0.5) is 5.82 Å². The van der Waals surface area contributed by atoms with Gasteiger partial charge in [-0.1, -0.05) is 25.4 Å². The quantitative estimate of drug-likeness (QED) is 0.838. The maximum atomic E-state index is 10.9. The highest BCUT2D eigenvalue weighted by Gasteiger charge is 2.16. The molecule has 0 aromatic carbocycles. The van der Waals surface area contributed by atoms with E-state index in [1.54, 1.807) is 0 Å². The van der Waals surface area contributed by atoms with E-state index in [2.05, 4.69) is 28.6 Å². The molecule has 0 amide bonds. The Morgan fingerprint density at radius 3 is 2.50 bits per heavy atom. The van der Waals surface area contributed by atoms with E-state index in [0.29, 0.717) is 16.8 Å². The standard InChI is InChI=1S/C14H22ClN3O2/c1-10(2)9-18(6-5-17(3)4)13-12(15)7-11(8-16-13)14(19)20/h7-8,10H,5-6,9H2,1-4H3,(H,19,20). The Morgan fingerprint density at radius 2 is 2.05 bits per heavy atom. The van der Waals surface area contributed by atoms with Crippen molar-refractivity contribution in [2.75, 3.05) is 38.6 Å². The van der Waals surface area contributed by atoms with Gasteiger partial charge in [-0.3, -0.25) is 0 Å². The van der Waals surface area contributed by atoms with E-state index in [1.165, 1.54) is 12.3 Å². The van der Waals surface area contributed by atoms with Crippen molar-refractivity contribution in [2.24, 2.45) is 5.92 Å². The van der Waals surface area contributed by atoms with E-state index in [-0.39, 0.29) is 5.56 Å². The molecule has 0 aliphatic heterocycles. The zero-order valence-electron chi connectivity index (χ0n) is 12.4. The minimum Gasteiger partial charge on any atom is -0.478 e. The lowest BCUT2D eigenvalue weighted by atomic mass is 10.2. The smallest absolute Gasteiger partial charge is 0.337 e. The van der Waals surface area contributed by atoms with Crippen LogP contribution in [-0.4, -0.2) is 54.7 Å². The van der Waals surface area contributed by atoms with Crippen molar-refractivity contribution in [1.82, 2.24) is 9.88 Å². The molecule has 1 aromatic rings. The second-order valence-corrected chi connectivity index (χ2v) is 5.88. The first kappa shape index (κ1) is 16.7. The van der Waals surface area contributed by atoms with Crippen LogP contribution in [0.5, 0.6) is 0 Å². The zero-order valence-corrected chi connectivity index (χ0v) is 13.2.